The van der Waals surface area contributed by atoms with E-state index in [1.54, 1.807) is 71.1 Å². The topological polar surface area (TPSA) is 84.8 Å². The minimum atomic E-state index is -0.665. The first-order valence-corrected chi connectivity index (χ1v) is 11.2. The Labute approximate surface area is 197 Å². The number of aliphatic imine (C=N–C) groups is 1. The Morgan fingerprint density at radius 1 is 1.03 bits per heavy atom. The van der Waals surface area contributed by atoms with Gasteiger partial charge >= 0.3 is 6.09 Å². The molecule has 2 atom stereocenters. The van der Waals surface area contributed by atoms with Gasteiger partial charge in [0.2, 0.25) is 0 Å². The molecule has 33 heavy (non-hydrogen) atoms. The van der Waals surface area contributed by atoms with Crippen LogP contribution in [0.4, 0.5) is 4.79 Å². The van der Waals surface area contributed by atoms with Gasteiger partial charge in [-0.1, -0.05) is 48.5 Å². The number of hydrogen-bond acceptors (Lipinski definition) is 5. The third kappa shape index (κ3) is 7.47. The molecule has 0 aliphatic heterocycles. The fourth-order valence-electron chi connectivity index (χ4n) is 3.26. The number of amides is 1. The molecule has 1 amide bonds. The monoisotopic (exact) mass is 466 g/mol. The molecule has 0 aliphatic carbocycles. The van der Waals surface area contributed by atoms with Crippen LogP contribution in [-0.2, 0) is 9.53 Å². The number of allylic oxidation sites excluding steroid dienone is 1. The maximum Gasteiger partial charge on any atom is 0.408 e. The summed E-state index contributed by atoms with van der Waals surface area (Å²) in [6, 6.07) is 13.7. The average Bonchev–Trinajstić information content (AvgIpc) is 2.72. The first-order valence-electron chi connectivity index (χ1n) is 10.6. The lowest BCUT2D eigenvalue weighted by molar-refractivity contribution is -0.112. The summed E-state index contributed by atoms with van der Waals surface area (Å²) in [4.78, 5) is 42.1. The summed E-state index contributed by atoms with van der Waals surface area (Å²) < 4.78 is 5.35. The average molecular weight is 467 g/mol. The predicted octanol–water partition coefficient (Wildman–Crippen LogP) is 4.27. The van der Waals surface area contributed by atoms with Crippen molar-refractivity contribution in [3.8, 4) is 0 Å². The van der Waals surface area contributed by atoms with Crippen LogP contribution in [0.2, 0.25) is 0 Å². The van der Waals surface area contributed by atoms with E-state index in [9.17, 15) is 14.4 Å². The highest BCUT2D eigenvalue weighted by atomic mass is 31.0. The number of nitrogens with one attached hydrogen (secondary N) is 1. The molecule has 0 bridgehead atoms. The molecule has 0 aliphatic rings. The SMILES string of the molecule is C/N=C(\C(=C/C(C)=O)C(C)NC(=O)OC(C)(C)C)c1ccccc1C(=O)c1ccc(P)cc1. The highest BCUT2D eigenvalue weighted by molar-refractivity contribution is 7.27. The van der Waals surface area contributed by atoms with E-state index >= 15 is 0 Å². The van der Waals surface area contributed by atoms with Crippen LogP contribution in [-0.4, -0.2) is 42.1 Å². The number of alkyl carbamates (subject to hydrolysis) is 1. The van der Waals surface area contributed by atoms with Crippen molar-refractivity contribution in [3.05, 3.63) is 76.9 Å². The van der Waals surface area contributed by atoms with E-state index in [4.69, 9.17) is 4.74 Å². The number of carbonyl (C=O) groups excluding carboxylic acids is 3. The molecule has 0 radical (unpaired) electrons. The second-order valence-corrected chi connectivity index (χ2v) is 9.31. The molecular formula is C26H31N2O4P. The number of hydrogen-bond donors (Lipinski definition) is 1. The van der Waals surface area contributed by atoms with Gasteiger partial charge in [-0.25, -0.2) is 4.79 Å². The second-order valence-electron chi connectivity index (χ2n) is 8.65. The third-order valence-electron chi connectivity index (χ3n) is 4.66. The maximum atomic E-state index is 13.3. The van der Waals surface area contributed by atoms with Crippen LogP contribution in [0, 0.1) is 0 Å². The molecule has 0 fully saturated rings. The number of nitrogens with zero attached hydrogens (tertiary/aromatic N) is 1. The summed E-state index contributed by atoms with van der Waals surface area (Å²) in [7, 11) is 4.18. The highest BCUT2D eigenvalue weighted by Crippen LogP contribution is 2.21. The summed E-state index contributed by atoms with van der Waals surface area (Å²) in [5.41, 5.74) is 1.83. The van der Waals surface area contributed by atoms with Crippen LogP contribution in [0.5, 0.6) is 0 Å². The Morgan fingerprint density at radius 3 is 2.12 bits per heavy atom. The maximum absolute atomic E-state index is 13.3. The zero-order valence-corrected chi connectivity index (χ0v) is 21.1. The first-order chi connectivity index (χ1) is 15.4. The standard InChI is InChI=1S/C26H31N2O4P/c1-16(29)15-22(17(2)28-25(31)32-26(3,4)5)23(27-6)20-9-7-8-10-21(20)24(30)18-11-13-19(33)14-12-18/h7-15,17H,33H2,1-6H3,(H,28,31)/b22-15-,27-23-. The molecule has 2 unspecified atom stereocenters. The number of ether oxygens (including phenoxy) is 1. The van der Waals surface area contributed by atoms with E-state index in [0.717, 1.165) is 5.30 Å². The number of ketones is 2. The molecule has 2 rings (SSSR count). The molecule has 0 saturated heterocycles. The van der Waals surface area contributed by atoms with Gasteiger partial charge in [0, 0.05) is 29.3 Å². The fourth-order valence-corrected chi connectivity index (χ4v) is 3.45. The van der Waals surface area contributed by atoms with Gasteiger partial charge in [0.25, 0.3) is 0 Å². The normalized spacial score (nSPS) is 13.3. The molecular weight excluding hydrogens is 435 g/mol. The molecule has 174 valence electrons. The van der Waals surface area contributed by atoms with E-state index in [0.29, 0.717) is 28.0 Å². The van der Waals surface area contributed by atoms with Crippen LogP contribution in [0.15, 0.2) is 65.2 Å². The number of benzene rings is 2. The third-order valence-corrected chi connectivity index (χ3v) is 5.04. The van der Waals surface area contributed by atoms with Crippen molar-refractivity contribution >= 4 is 37.9 Å². The zero-order valence-electron chi connectivity index (χ0n) is 19.9. The Morgan fingerprint density at radius 2 is 1.61 bits per heavy atom. The zero-order chi connectivity index (χ0) is 24.8. The Bertz CT molecular complexity index is 1100. The van der Waals surface area contributed by atoms with Crippen LogP contribution in [0.1, 0.15) is 56.1 Å². The Hall–Kier alpha value is -3.11. The molecule has 1 N–H and O–H groups in total. The van der Waals surface area contributed by atoms with Gasteiger partial charge < -0.3 is 10.1 Å². The molecule has 0 saturated carbocycles. The van der Waals surface area contributed by atoms with E-state index in [2.05, 4.69) is 19.5 Å². The summed E-state index contributed by atoms with van der Waals surface area (Å²) in [6.07, 6.45) is 0.816. The Kier molecular flexibility index (Phi) is 8.84. The van der Waals surface area contributed by atoms with Crippen molar-refractivity contribution in [2.24, 2.45) is 4.99 Å². The molecule has 6 nitrogen and oxygen atoms in total. The van der Waals surface area contributed by atoms with Crippen molar-refractivity contribution in [2.75, 3.05) is 7.05 Å². The van der Waals surface area contributed by atoms with Crippen LogP contribution < -0.4 is 10.6 Å². The second kappa shape index (κ2) is 11.2. The van der Waals surface area contributed by atoms with E-state index in [1.165, 1.54) is 13.0 Å². The number of rotatable bonds is 7. The summed E-state index contributed by atoms with van der Waals surface area (Å²) >= 11 is 0. The Balaban J connectivity index is 2.49. The minimum Gasteiger partial charge on any atom is -0.444 e. The lowest BCUT2D eigenvalue weighted by Gasteiger charge is -2.24. The van der Waals surface area contributed by atoms with Gasteiger partial charge in [-0.05, 0) is 46.0 Å². The minimum absolute atomic E-state index is 0.160. The van der Waals surface area contributed by atoms with Crippen LogP contribution in [0.25, 0.3) is 0 Å². The van der Waals surface area contributed by atoms with Crippen molar-refractivity contribution in [1.29, 1.82) is 0 Å². The van der Waals surface area contributed by atoms with E-state index < -0.39 is 17.7 Å². The number of carbonyl (C=O) groups is 3. The molecule has 0 aromatic heterocycles. The van der Waals surface area contributed by atoms with Crippen LogP contribution >= 0.6 is 9.24 Å². The molecule has 0 heterocycles. The van der Waals surface area contributed by atoms with Gasteiger partial charge in [-0.3, -0.25) is 14.6 Å². The lowest BCUT2D eigenvalue weighted by atomic mass is 9.89. The highest BCUT2D eigenvalue weighted by Gasteiger charge is 2.25. The summed E-state index contributed by atoms with van der Waals surface area (Å²) in [6.45, 7) is 8.48. The molecule has 0 spiro atoms. The van der Waals surface area contributed by atoms with Gasteiger partial charge in [0.1, 0.15) is 5.60 Å². The first kappa shape index (κ1) is 26.1. The largest absolute Gasteiger partial charge is 0.444 e. The fraction of sp³-hybridized carbons (Fsp3) is 0.308. The van der Waals surface area contributed by atoms with Gasteiger partial charge in [-0.2, -0.15) is 0 Å². The smallest absolute Gasteiger partial charge is 0.408 e. The summed E-state index contributed by atoms with van der Waals surface area (Å²) in [5.74, 6) is -0.365. The molecule has 7 heteroatoms. The van der Waals surface area contributed by atoms with Gasteiger partial charge in [0.05, 0.1) is 11.8 Å². The van der Waals surface area contributed by atoms with Gasteiger partial charge in [-0.15, -0.1) is 9.24 Å². The lowest BCUT2D eigenvalue weighted by Crippen LogP contribution is -2.40. The van der Waals surface area contributed by atoms with Crippen molar-refractivity contribution in [2.45, 2.75) is 46.3 Å². The quantitative estimate of drug-likeness (QED) is 0.286. The van der Waals surface area contributed by atoms with E-state index in [1.807, 2.05) is 12.1 Å². The van der Waals surface area contributed by atoms with E-state index in [-0.39, 0.29) is 11.6 Å². The summed E-state index contributed by atoms with van der Waals surface area (Å²) in [5, 5.41) is 3.74. The van der Waals surface area contributed by atoms with Gasteiger partial charge in [0.15, 0.2) is 11.6 Å². The van der Waals surface area contributed by atoms with Crippen molar-refractivity contribution in [3.63, 3.8) is 0 Å². The van der Waals surface area contributed by atoms with Crippen molar-refractivity contribution in [1.82, 2.24) is 5.32 Å². The van der Waals surface area contributed by atoms with Crippen molar-refractivity contribution < 1.29 is 19.1 Å². The van der Waals surface area contributed by atoms with Crippen LogP contribution in [0.3, 0.4) is 0 Å². The predicted molar refractivity (Wildman–Crippen MR) is 136 cm³/mol. The molecule has 2 aromatic rings. The molecule has 2 aromatic carbocycles.